The van der Waals surface area contributed by atoms with Crippen LogP contribution in [0.25, 0.3) is 0 Å². The van der Waals surface area contributed by atoms with Crippen LogP contribution in [-0.4, -0.2) is 69.0 Å². The van der Waals surface area contributed by atoms with Crippen molar-refractivity contribution in [3.8, 4) is 0 Å². The fraction of sp³-hybridized carbons (Fsp3) is 0.500. The third-order valence-corrected chi connectivity index (χ3v) is 5.31. The molecular weight excluding hydrogens is 394 g/mol. The van der Waals surface area contributed by atoms with Gasteiger partial charge < -0.3 is 14.9 Å². The molecule has 10 nitrogen and oxygen atoms in total. The molecule has 0 radical (unpaired) electrons. The molecule has 162 valence electrons. The normalized spacial score (nSPS) is 22.8. The number of carbonyl (C=O) groups is 4. The number of hydrogen-bond donors (Lipinski definition) is 3. The standard InChI is InChI=1S/C20H25N3O7/c24-16-11-10-14(18(25)23-17(30-20(28)29)7-4-12-22(16)23)21-15(19(26)27)9-8-13-5-2-1-3-6-13/h1-3,5-6,14-15,17,21H,4,7-12H2,(H,26,27)(H,28,29). The highest BCUT2D eigenvalue weighted by Crippen LogP contribution is 2.26. The zero-order chi connectivity index (χ0) is 21.7. The second-order valence-corrected chi connectivity index (χ2v) is 7.35. The molecule has 3 atom stereocenters. The van der Waals surface area contributed by atoms with E-state index in [4.69, 9.17) is 9.84 Å². The summed E-state index contributed by atoms with van der Waals surface area (Å²) in [5.41, 5.74) is 0.977. The fourth-order valence-corrected chi connectivity index (χ4v) is 3.84. The second-order valence-electron chi connectivity index (χ2n) is 7.35. The lowest BCUT2D eigenvalue weighted by atomic mass is 10.0. The van der Waals surface area contributed by atoms with E-state index in [1.165, 1.54) is 5.01 Å². The third-order valence-electron chi connectivity index (χ3n) is 5.31. The molecule has 0 spiro atoms. The number of carbonyl (C=O) groups excluding carboxylic acids is 2. The first-order valence-electron chi connectivity index (χ1n) is 9.92. The molecule has 1 aromatic rings. The summed E-state index contributed by atoms with van der Waals surface area (Å²) in [7, 11) is 0. The van der Waals surface area contributed by atoms with E-state index in [1.807, 2.05) is 30.3 Å². The number of ether oxygens (including phenoxy) is 1. The second kappa shape index (κ2) is 9.57. The van der Waals surface area contributed by atoms with Crippen molar-refractivity contribution in [1.82, 2.24) is 15.3 Å². The highest BCUT2D eigenvalue weighted by molar-refractivity contribution is 5.89. The van der Waals surface area contributed by atoms with Crippen LogP contribution in [0.2, 0.25) is 0 Å². The molecule has 2 fully saturated rings. The van der Waals surface area contributed by atoms with Gasteiger partial charge in [0.1, 0.15) is 6.04 Å². The Bertz CT molecular complexity index is 801. The molecule has 3 unspecified atom stereocenters. The molecule has 0 bridgehead atoms. The van der Waals surface area contributed by atoms with Gasteiger partial charge in [0.05, 0.1) is 6.04 Å². The Morgan fingerprint density at radius 1 is 1.17 bits per heavy atom. The van der Waals surface area contributed by atoms with Gasteiger partial charge in [0.15, 0.2) is 6.23 Å². The first-order valence-corrected chi connectivity index (χ1v) is 9.92. The number of hydrazine groups is 1. The van der Waals surface area contributed by atoms with Gasteiger partial charge in [0, 0.05) is 19.4 Å². The molecule has 2 saturated heterocycles. The summed E-state index contributed by atoms with van der Waals surface area (Å²) in [5, 5.41) is 23.7. The van der Waals surface area contributed by atoms with Crippen LogP contribution in [0.5, 0.6) is 0 Å². The predicted octanol–water partition coefficient (Wildman–Crippen LogP) is 1.21. The molecule has 2 amide bonds. The molecule has 3 rings (SSSR count). The van der Waals surface area contributed by atoms with Crippen molar-refractivity contribution < 1.29 is 34.1 Å². The Morgan fingerprint density at radius 2 is 1.90 bits per heavy atom. The summed E-state index contributed by atoms with van der Waals surface area (Å²) in [6.07, 6.45) is -0.943. The number of nitrogens with zero attached hydrogens (tertiary/aromatic N) is 2. The minimum atomic E-state index is -1.54. The Balaban J connectivity index is 1.74. The quantitative estimate of drug-likeness (QED) is 0.561. The minimum absolute atomic E-state index is 0.0464. The van der Waals surface area contributed by atoms with E-state index in [2.05, 4.69) is 5.32 Å². The smallest absolute Gasteiger partial charge is 0.480 e. The summed E-state index contributed by atoms with van der Waals surface area (Å²) in [4.78, 5) is 48.4. The Morgan fingerprint density at radius 3 is 2.57 bits per heavy atom. The number of fused-ring (bicyclic) bond motifs is 1. The van der Waals surface area contributed by atoms with Crippen molar-refractivity contribution in [2.75, 3.05) is 6.54 Å². The number of carboxylic acid groups (broad SMARTS) is 2. The van der Waals surface area contributed by atoms with Crippen LogP contribution in [0, 0.1) is 0 Å². The van der Waals surface area contributed by atoms with E-state index in [0.29, 0.717) is 12.8 Å². The number of rotatable bonds is 7. The molecular formula is C20H25N3O7. The van der Waals surface area contributed by atoms with Crippen molar-refractivity contribution >= 4 is 23.9 Å². The number of amides is 2. The number of benzene rings is 1. The van der Waals surface area contributed by atoms with Crippen molar-refractivity contribution in [2.24, 2.45) is 0 Å². The molecule has 0 saturated carbocycles. The van der Waals surface area contributed by atoms with Crippen molar-refractivity contribution in [1.29, 1.82) is 0 Å². The Kier molecular flexibility index (Phi) is 6.88. The van der Waals surface area contributed by atoms with Gasteiger partial charge in [0.25, 0.3) is 5.91 Å². The average Bonchev–Trinajstić information content (AvgIpc) is 2.83. The van der Waals surface area contributed by atoms with E-state index >= 15 is 0 Å². The van der Waals surface area contributed by atoms with Crippen molar-refractivity contribution in [2.45, 2.75) is 56.8 Å². The minimum Gasteiger partial charge on any atom is -0.480 e. The number of hydrogen-bond acceptors (Lipinski definition) is 6. The molecule has 0 aromatic heterocycles. The first-order chi connectivity index (χ1) is 14.4. The monoisotopic (exact) mass is 419 g/mol. The van der Waals surface area contributed by atoms with E-state index in [0.717, 1.165) is 10.6 Å². The highest BCUT2D eigenvalue weighted by atomic mass is 16.7. The molecule has 0 aliphatic carbocycles. The maximum absolute atomic E-state index is 13.2. The maximum atomic E-state index is 13.2. The lowest BCUT2D eigenvalue weighted by molar-refractivity contribution is -0.196. The number of carboxylic acids is 1. The molecule has 2 heterocycles. The van der Waals surface area contributed by atoms with Gasteiger partial charge in [-0.1, -0.05) is 30.3 Å². The average molecular weight is 419 g/mol. The molecule has 10 heteroatoms. The predicted molar refractivity (Wildman–Crippen MR) is 103 cm³/mol. The van der Waals surface area contributed by atoms with Gasteiger partial charge in [-0.3, -0.25) is 19.7 Å². The van der Waals surface area contributed by atoms with Crippen molar-refractivity contribution in [3.05, 3.63) is 35.9 Å². The van der Waals surface area contributed by atoms with Crippen LogP contribution in [0.15, 0.2) is 30.3 Å². The van der Waals surface area contributed by atoms with Gasteiger partial charge >= 0.3 is 12.1 Å². The molecule has 2 aliphatic rings. The number of nitrogens with one attached hydrogen (secondary N) is 1. The number of aryl methyl sites for hydroxylation is 1. The maximum Gasteiger partial charge on any atom is 0.507 e. The van der Waals surface area contributed by atoms with Crippen LogP contribution >= 0.6 is 0 Å². The van der Waals surface area contributed by atoms with Crippen LogP contribution in [0.4, 0.5) is 4.79 Å². The van der Waals surface area contributed by atoms with E-state index in [9.17, 15) is 24.3 Å². The topological polar surface area (TPSA) is 136 Å². The summed E-state index contributed by atoms with van der Waals surface area (Å²) >= 11 is 0. The lowest BCUT2D eigenvalue weighted by Gasteiger charge is -2.42. The van der Waals surface area contributed by atoms with Gasteiger partial charge in [-0.25, -0.2) is 14.8 Å². The fourth-order valence-electron chi connectivity index (χ4n) is 3.84. The lowest BCUT2D eigenvalue weighted by Crippen LogP contribution is -2.61. The first kappa shape index (κ1) is 21.6. The summed E-state index contributed by atoms with van der Waals surface area (Å²) in [6, 6.07) is 7.47. The van der Waals surface area contributed by atoms with Crippen LogP contribution in [0.1, 0.15) is 37.7 Å². The van der Waals surface area contributed by atoms with Gasteiger partial charge in [-0.2, -0.15) is 0 Å². The van der Waals surface area contributed by atoms with Crippen LogP contribution in [-0.2, 0) is 25.5 Å². The van der Waals surface area contributed by atoms with Crippen LogP contribution in [0.3, 0.4) is 0 Å². The van der Waals surface area contributed by atoms with Gasteiger partial charge in [0.2, 0.25) is 5.91 Å². The summed E-state index contributed by atoms with van der Waals surface area (Å²) < 4.78 is 4.82. The molecule has 2 aliphatic heterocycles. The number of aliphatic carboxylic acids is 1. The van der Waals surface area contributed by atoms with E-state index in [1.54, 1.807) is 0 Å². The molecule has 1 aromatic carbocycles. The van der Waals surface area contributed by atoms with E-state index < -0.39 is 36.3 Å². The molecule has 30 heavy (non-hydrogen) atoms. The molecule has 3 N–H and O–H groups in total. The Hall–Kier alpha value is -3.14. The summed E-state index contributed by atoms with van der Waals surface area (Å²) in [5.74, 6) is -1.97. The van der Waals surface area contributed by atoms with Gasteiger partial charge in [-0.05, 0) is 31.2 Å². The van der Waals surface area contributed by atoms with Crippen LogP contribution < -0.4 is 5.32 Å². The zero-order valence-corrected chi connectivity index (χ0v) is 16.4. The highest BCUT2D eigenvalue weighted by Gasteiger charge is 2.44. The van der Waals surface area contributed by atoms with E-state index in [-0.39, 0.29) is 38.1 Å². The third kappa shape index (κ3) is 5.07. The SMILES string of the molecule is O=C(O)OC1CCCN2C(=O)CCC(NC(CCc3ccccc3)C(=O)O)C(=O)N12. The van der Waals surface area contributed by atoms with Gasteiger partial charge in [-0.15, -0.1) is 0 Å². The Labute approximate surface area is 173 Å². The largest absolute Gasteiger partial charge is 0.507 e. The van der Waals surface area contributed by atoms with Crippen molar-refractivity contribution in [3.63, 3.8) is 0 Å². The summed E-state index contributed by atoms with van der Waals surface area (Å²) in [6.45, 7) is 0.285. The zero-order valence-electron chi connectivity index (χ0n) is 16.4.